The molecule has 0 spiro atoms. The highest BCUT2D eigenvalue weighted by Gasteiger charge is 2.45. The lowest BCUT2D eigenvalue weighted by Crippen LogP contribution is -2.31. The van der Waals surface area contributed by atoms with E-state index in [1.165, 1.54) is 0 Å². The van der Waals surface area contributed by atoms with Crippen molar-refractivity contribution in [2.24, 2.45) is 0 Å². The van der Waals surface area contributed by atoms with Gasteiger partial charge in [0.25, 0.3) is 11.7 Å². The van der Waals surface area contributed by atoms with Crippen LogP contribution in [0.1, 0.15) is 22.7 Å². The predicted octanol–water partition coefficient (Wildman–Crippen LogP) is 4.19. The van der Waals surface area contributed by atoms with Gasteiger partial charge in [-0.3, -0.25) is 9.59 Å². The van der Waals surface area contributed by atoms with Gasteiger partial charge in [-0.25, -0.2) is 0 Å². The monoisotopic (exact) mass is 484 g/mol. The highest BCUT2D eigenvalue weighted by Crippen LogP contribution is 2.41. The van der Waals surface area contributed by atoms with E-state index in [1.54, 1.807) is 23.1 Å². The zero-order valence-electron chi connectivity index (χ0n) is 20.3. The molecule has 1 amide bonds. The Morgan fingerprint density at radius 3 is 2.33 bits per heavy atom. The summed E-state index contributed by atoms with van der Waals surface area (Å²) < 4.78 is 11.2. The van der Waals surface area contributed by atoms with Crippen LogP contribution in [0.5, 0.6) is 11.5 Å². The lowest BCUT2D eigenvalue weighted by Gasteiger charge is -2.26. The molecule has 2 aliphatic rings. The van der Waals surface area contributed by atoms with E-state index in [0.29, 0.717) is 43.2 Å². The number of carbonyl (C=O) groups is 2. The summed E-state index contributed by atoms with van der Waals surface area (Å²) in [4.78, 5) is 30.1. The van der Waals surface area contributed by atoms with Crippen LogP contribution < -0.4 is 14.4 Å². The molecular formula is C29H28N2O5. The molecule has 1 N–H and O–H groups in total. The van der Waals surface area contributed by atoms with Crippen LogP contribution in [0.4, 0.5) is 5.69 Å². The van der Waals surface area contributed by atoms with E-state index < -0.39 is 17.7 Å². The number of ketones is 1. The molecule has 1 fully saturated rings. The van der Waals surface area contributed by atoms with Gasteiger partial charge < -0.3 is 24.4 Å². The molecule has 36 heavy (non-hydrogen) atoms. The first-order valence-corrected chi connectivity index (χ1v) is 11.9. The number of ether oxygens (including phenoxy) is 2. The lowest BCUT2D eigenvalue weighted by molar-refractivity contribution is -0.139. The predicted molar refractivity (Wildman–Crippen MR) is 137 cm³/mol. The number of amides is 1. The molecule has 3 aromatic rings. The number of carbonyl (C=O) groups excluding carboxylic acids is 2. The van der Waals surface area contributed by atoms with Gasteiger partial charge in [-0.15, -0.1) is 0 Å². The molecule has 5 rings (SSSR count). The van der Waals surface area contributed by atoms with Crippen molar-refractivity contribution >= 4 is 23.1 Å². The van der Waals surface area contributed by atoms with Crippen LogP contribution in [0.15, 0.2) is 78.4 Å². The van der Waals surface area contributed by atoms with E-state index in [9.17, 15) is 14.7 Å². The number of likely N-dealkylation sites (tertiary alicyclic amines) is 1. The highest BCUT2D eigenvalue weighted by atomic mass is 16.6. The molecule has 1 saturated heterocycles. The minimum absolute atomic E-state index is 0.0716. The van der Waals surface area contributed by atoms with Crippen molar-refractivity contribution in [2.75, 3.05) is 38.8 Å². The van der Waals surface area contributed by atoms with Gasteiger partial charge in [0.05, 0.1) is 11.6 Å². The molecule has 2 heterocycles. The number of benzene rings is 3. The first-order valence-electron chi connectivity index (χ1n) is 11.9. The molecule has 1 unspecified atom stereocenters. The largest absolute Gasteiger partial charge is 0.507 e. The Kier molecular flexibility index (Phi) is 6.38. The third kappa shape index (κ3) is 4.40. The van der Waals surface area contributed by atoms with E-state index in [0.717, 1.165) is 16.8 Å². The molecule has 3 aromatic carbocycles. The van der Waals surface area contributed by atoms with Crippen LogP contribution in [-0.2, 0) is 16.0 Å². The van der Waals surface area contributed by atoms with Gasteiger partial charge in [0.15, 0.2) is 11.5 Å². The molecule has 0 bridgehead atoms. The molecular weight excluding hydrogens is 456 g/mol. The Labute approximate surface area is 210 Å². The molecule has 2 aliphatic heterocycles. The van der Waals surface area contributed by atoms with Crippen LogP contribution in [0.3, 0.4) is 0 Å². The summed E-state index contributed by atoms with van der Waals surface area (Å²) in [5, 5.41) is 11.4. The Morgan fingerprint density at radius 2 is 1.64 bits per heavy atom. The summed E-state index contributed by atoms with van der Waals surface area (Å²) in [7, 11) is 3.89. The molecule has 0 saturated carbocycles. The summed E-state index contributed by atoms with van der Waals surface area (Å²) in [6.07, 6.45) is 0.588. The first-order chi connectivity index (χ1) is 17.4. The Hall–Kier alpha value is -4.26. The van der Waals surface area contributed by atoms with Crippen LogP contribution >= 0.6 is 0 Å². The standard InChI is InChI=1S/C29H28N2O5/c1-30(2)22-11-8-20(9-12-22)26-25(27(32)21-10-13-23-24(18-21)36-17-16-35-23)28(33)29(34)31(26)15-14-19-6-4-3-5-7-19/h3-13,18,26,32H,14-17H2,1-2H3/b27-25+. The van der Waals surface area contributed by atoms with E-state index >= 15 is 0 Å². The zero-order chi connectivity index (χ0) is 25.2. The summed E-state index contributed by atoms with van der Waals surface area (Å²) in [6.45, 7) is 1.19. The fourth-order valence-electron chi connectivity index (χ4n) is 4.65. The summed E-state index contributed by atoms with van der Waals surface area (Å²) in [6, 6.07) is 21.8. The quantitative estimate of drug-likeness (QED) is 0.321. The second-order valence-electron chi connectivity index (χ2n) is 9.07. The number of Topliss-reactive ketones (excluding diaryl/α,β-unsaturated/α-hetero) is 1. The van der Waals surface area contributed by atoms with Crippen molar-refractivity contribution in [1.82, 2.24) is 4.90 Å². The maximum absolute atomic E-state index is 13.3. The van der Waals surface area contributed by atoms with E-state index in [1.807, 2.05) is 73.6 Å². The van der Waals surface area contributed by atoms with E-state index in [4.69, 9.17) is 9.47 Å². The number of fused-ring (bicyclic) bond motifs is 1. The van der Waals surface area contributed by atoms with Crippen molar-refractivity contribution < 1.29 is 24.2 Å². The average molecular weight is 485 g/mol. The van der Waals surface area contributed by atoms with Crippen molar-refractivity contribution in [3.05, 3.63) is 95.1 Å². The summed E-state index contributed by atoms with van der Waals surface area (Å²) in [5.41, 5.74) is 3.28. The maximum atomic E-state index is 13.3. The molecule has 0 radical (unpaired) electrons. The average Bonchev–Trinajstić information content (AvgIpc) is 3.16. The Bertz CT molecular complexity index is 1320. The normalized spacial score (nSPS) is 18.4. The first kappa shape index (κ1) is 23.5. The topological polar surface area (TPSA) is 79.3 Å². The molecule has 7 heteroatoms. The van der Waals surface area contributed by atoms with E-state index in [-0.39, 0.29) is 11.3 Å². The SMILES string of the molecule is CN(C)c1ccc(C2/C(=C(\O)c3ccc4c(c3)OCCO4)C(=O)C(=O)N2CCc2ccccc2)cc1. The third-order valence-electron chi connectivity index (χ3n) is 6.57. The number of hydrogen-bond donors (Lipinski definition) is 1. The minimum Gasteiger partial charge on any atom is -0.507 e. The molecule has 0 aromatic heterocycles. The van der Waals surface area contributed by atoms with Crippen molar-refractivity contribution in [1.29, 1.82) is 0 Å². The van der Waals surface area contributed by atoms with Crippen molar-refractivity contribution in [3.8, 4) is 11.5 Å². The van der Waals surface area contributed by atoms with Gasteiger partial charge >= 0.3 is 0 Å². The van der Waals surface area contributed by atoms with Crippen LogP contribution in [0.25, 0.3) is 5.76 Å². The smallest absolute Gasteiger partial charge is 0.295 e. The fraction of sp³-hybridized carbons (Fsp3) is 0.241. The van der Waals surface area contributed by atoms with Gasteiger partial charge in [0, 0.05) is 31.9 Å². The van der Waals surface area contributed by atoms with Crippen LogP contribution in [0, 0.1) is 0 Å². The van der Waals surface area contributed by atoms with Gasteiger partial charge in [-0.2, -0.15) is 0 Å². The highest BCUT2D eigenvalue weighted by molar-refractivity contribution is 6.46. The van der Waals surface area contributed by atoms with Crippen LogP contribution in [0.2, 0.25) is 0 Å². The number of hydrogen-bond acceptors (Lipinski definition) is 6. The molecule has 184 valence electrons. The molecule has 1 atom stereocenters. The third-order valence-corrected chi connectivity index (χ3v) is 6.57. The number of rotatable bonds is 6. The lowest BCUT2D eigenvalue weighted by atomic mass is 9.94. The fourth-order valence-corrected chi connectivity index (χ4v) is 4.65. The van der Waals surface area contributed by atoms with Gasteiger partial charge in [-0.1, -0.05) is 42.5 Å². The second-order valence-corrected chi connectivity index (χ2v) is 9.07. The van der Waals surface area contributed by atoms with Crippen LogP contribution in [-0.4, -0.2) is 55.6 Å². The number of aliphatic hydroxyl groups is 1. The number of anilines is 1. The van der Waals surface area contributed by atoms with E-state index in [2.05, 4.69) is 0 Å². The number of aliphatic hydroxyl groups excluding tert-OH is 1. The van der Waals surface area contributed by atoms with Gasteiger partial charge in [0.2, 0.25) is 0 Å². The molecule has 0 aliphatic carbocycles. The minimum atomic E-state index is -0.710. The van der Waals surface area contributed by atoms with Gasteiger partial charge in [0.1, 0.15) is 19.0 Å². The van der Waals surface area contributed by atoms with Crippen molar-refractivity contribution in [2.45, 2.75) is 12.5 Å². The summed E-state index contributed by atoms with van der Waals surface area (Å²) in [5.74, 6) is -0.467. The number of nitrogens with zero attached hydrogens (tertiary/aromatic N) is 2. The Balaban J connectivity index is 1.57. The Morgan fingerprint density at radius 1 is 0.944 bits per heavy atom. The zero-order valence-corrected chi connectivity index (χ0v) is 20.3. The maximum Gasteiger partial charge on any atom is 0.295 e. The second kappa shape index (κ2) is 9.77. The summed E-state index contributed by atoms with van der Waals surface area (Å²) >= 11 is 0. The van der Waals surface area contributed by atoms with Gasteiger partial charge in [-0.05, 0) is 47.9 Å². The molecule has 7 nitrogen and oxygen atoms in total. The van der Waals surface area contributed by atoms with Crippen molar-refractivity contribution in [3.63, 3.8) is 0 Å².